The monoisotopic (exact) mass is 471 g/mol. The van der Waals surface area contributed by atoms with Crippen molar-refractivity contribution in [1.29, 1.82) is 0 Å². The Bertz CT molecular complexity index is 1200. The summed E-state index contributed by atoms with van der Waals surface area (Å²) in [6.07, 6.45) is 5.17. The van der Waals surface area contributed by atoms with Gasteiger partial charge in [0.1, 0.15) is 11.9 Å². The molecule has 1 unspecified atom stereocenters. The number of carbonyl (C=O) groups is 1. The van der Waals surface area contributed by atoms with Crippen molar-refractivity contribution in [3.8, 4) is 0 Å². The lowest BCUT2D eigenvalue weighted by molar-refractivity contribution is -0.139. The Hall–Kier alpha value is -3.08. The summed E-state index contributed by atoms with van der Waals surface area (Å²) in [4.78, 5) is 20.3. The maximum atomic E-state index is 12.8. The van der Waals surface area contributed by atoms with Gasteiger partial charge in [-0.1, -0.05) is 12.1 Å². The Morgan fingerprint density at radius 3 is 2.30 bits per heavy atom. The molecule has 33 heavy (non-hydrogen) atoms. The molecule has 3 rings (SSSR count). The number of nitrogens with one attached hydrogen (secondary N) is 2. The molecule has 0 aliphatic heterocycles. The lowest BCUT2D eigenvalue weighted by atomic mass is 10.1. The van der Waals surface area contributed by atoms with Crippen LogP contribution in [0.1, 0.15) is 33.3 Å². The second-order valence-corrected chi connectivity index (χ2v) is 9.92. The molecular formula is C23H29N5O4S. The van der Waals surface area contributed by atoms with E-state index in [1.165, 1.54) is 4.31 Å². The molecule has 3 aromatic rings. The van der Waals surface area contributed by atoms with Crippen molar-refractivity contribution in [3.05, 3.63) is 60.6 Å². The van der Waals surface area contributed by atoms with Gasteiger partial charge in [0.15, 0.2) is 0 Å². The molecule has 0 bridgehead atoms. The van der Waals surface area contributed by atoms with E-state index < -0.39 is 22.2 Å². The molecule has 0 saturated heterocycles. The fourth-order valence-electron chi connectivity index (χ4n) is 3.78. The molecule has 176 valence electrons. The molecule has 9 nitrogen and oxygen atoms in total. The predicted molar refractivity (Wildman–Crippen MR) is 129 cm³/mol. The maximum Gasteiger partial charge on any atom is 0.322 e. The van der Waals surface area contributed by atoms with Crippen molar-refractivity contribution in [3.63, 3.8) is 0 Å². The zero-order valence-electron chi connectivity index (χ0n) is 19.1. The summed E-state index contributed by atoms with van der Waals surface area (Å²) in [6, 6.07) is 8.99. The first-order valence-electron chi connectivity index (χ1n) is 10.7. The second-order valence-electron chi connectivity index (χ2n) is 8.31. The maximum absolute atomic E-state index is 12.8. The lowest BCUT2D eigenvalue weighted by Crippen LogP contribution is -2.53. The van der Waals surface area contributed by atoms with Gasteiger partial charge in [-0.25, -0.2) is 4.98 Å². The number of hydrogen-bond acceptors (Lipinski definition) is 6. The van der Waals surface area contributed by atoms with Crippen molar-refractivity contribution < 1.29 is 18.3 Å². The van der Waals surface area contributed by atoms with E-state index in [0.717, 1.165) is 16.5 Å². The molecule has 0 aliphatic carbocycles. The summed E-state index contributed by atoms with van der Waals surface area (Å²) in [5.41, 5.74) is 1.46. The Morgan fingerprint density at radius 2 is 1.70 bits per heavy atom. The molecular weight excluding hydrogens is 442 g/mol. The summed E-state index contributed by atoms with van der Waals surface area (Å²) in [6.45, 7) is 7.01. The van der Waals surface area contributed by atoms with Crippen LogP contribution in [0.4, 0.5) is 11.5 Å². The van der Waals surface area contributed by atoms with Crippen molar-refractivity contribution in [2.45, 2.75) is 52.2 Å². The van der Waals surface area contributed by atoms with Gasteiger partial charge in [-0.05, 0) is 63.9 Å². The number of benzene rings is 1. The van der Waals surface area contributed by atoms with Gasteiger partial charge in [-0.3, -0.25) is 9.78 Å². The molecule has 3 N–H and O–H groups in total. The smallest absolute Gasteiger partial charge is 0.322 e. The number of anilines is 2. The SMILES string of the molecule is CC(C)N(C(C)C)S(=O)(=O)NC(Cc1ccc(Nc2nccc3cnccc23)cc1)C(=O)O. The van der Waals surface area contributed by atoms with Gasteiger partial charge in [-0.2, -0.15) is 17.4 Å². The van der Waals surface area contributed by atoms with Crippen LogP contribution in [0.2, 0.25) is 0 Å². The topological polar surface area (TPSA) is 125 Å². The first-order chi connectivity index (χ1) is 15.6. The van der Waals surface area contributed by atoms with Gasteiger partial charge in [0.25, 0.3) is 10.2 Å². The summed E-state index contributed by atoms with van der Waals surface area (Å²) in [7, 11) is -3.98. The first kappa shape index (κ1) is 24.6. The van der Waals surface area contributed by atoms with E-state index in [1.807, 2.05) is 12.1 Å². The zero-order valence-corrected chi connectivity index (χ0v) is 19.9. The summed E-state index contributed by atoms with van der Waals surface area (Å²) >= 11 is 0. The lowest BCUT2D eigenvalue weighted by Gasteiger charge is -2.30. The third-order valence-electron chi connectivity index (χ3n) is 5.11. The molecule has 10 heteroatoms. The van der Waals surface area contributed by atoms with E-state index >= 15 is 0 Å². The van der Waals surface area contributed by atoms with Gasteiger partial charge in [0.05, 0.1) is 0 Å². The van der Waals surface area contributed by atoms with E-state index in [1.54, 1.807) is 70.6 Å². The Balaban J connectivity index is 1.75. The number of carboxylic acid groups (broad SMARTS) is 1. The number of pyridine rings is 2. The van der Waals surface area contributed by atoms with Crippen LogP contribution in [0, 0.1) is 0 Å². The third-order valence-corrected chi connectivity index (χ3v) is 7.09. The van der Waals surface area contributed by atoms with Gasteiger partial charge in [-0.15, -0.1) is 0 Å². The van der Waals surface area contributed by atoms with Crippen molar-refractivity contribution >= 4 is 38.5 Å². The van der Waals surface area contributed by atoms with Gasteiger partial charge in [0.2, 0.25) is 0 Å². The Morgan fingerprint density at radius 1 is 1.03 bits per heavy atom. The van der Waals surface area contributed by atoms with Crippen molar-refractivity contribution in [1.82, 2.24) is 19.0 Å². The van der Waals surface area contributed by atoms with Gasteiger partial charge in [0, 0.05) is 47.1 Å². The average molecular weight is 472 g/mol. The van der Waals surface area contributed by atoms with Crippen molar-refractivity contribution in [2.24, 2.45) is 0 Å². The highest BCUT2D eigenvalue weighted by atomic mass is 32.2. The standard InChI is InChI=1S/C23H29N5O4S/c1-15(2)28(16(3)4)33(31,32)27-21(23(29)30)13-17-5-7-19(8-6-17)26-22-20-10-11-24-14-18(20)9-12-25-22/h5-12,14-16,21,27H,13H2,1-4H3,(H,25,26)(H,29,30). The highest BCUT2D eigenvalue weighted by Gasteiger charge is 2.32. The number of fused-ring (bicyclic) bond motifs is 1. The molecule has 0 radical (unpaired) electrons. The fourth-order valence-corrected chi connectivity index (χ4v) is 5.56. The third kappa shape index (κ3) is 6.04. The molecule has 0 fully saturated rings. The second kappa shape index (κ2) is 10.2. The van der Waals surface area contributed by atoms with Gasteiger partial charge < -0.3 is 10.4 Å². The molecule has 1 aromatic carbocycles. The molecule has 0 saturated carbocycles. The minimum atomic E-state index is -3.98. The number of aromatic nitrogens is 2. The quantitative estimate of drug-likeness (QED) is 0.414. The highest BCUT2D eigenvalue weighted by Crippen LogP contribution is 2.24. The fraction of sp³-hybridized carbons (Fsp3) is 0.348. The van der Waals surface area contributed by atoms with Gasteiger partial charge >= 0.3 is 5.97 Å². The average Bonchev–Trinajstić information content (AvgIpc) is 2.73. The minimum absolute atomic E-state index is 0.0110. The molecule has 0 aliphatic rings. The Labute approximate surface area is 194 Å². The zero-order chi connectivity index (χ0) is 24.2. The molecule has 2 heterocycles. The van der Waals surface area contributed by atoms with Crippen LogP contribution in [-0.2, 0) is 21.4 Å². The van der Waals surface area contributed by atoms with Crippen LogP contribution in [0.25, 0.3) is 10.8 Å². The summed E-state index contributed by atoms with van der Waals surface area (Å²) in [5, 5.41) is 14.8. The predicted octanol–water partition coefficient (Wildman–Crippen LogP) is 3.32. The van der Waals surface area contributed by atoms with E-state index in [9.17, 15) is 18.3 Å². The van der Waals surface area contributed by atoms with Crippen LogP contribution < -0.4 is 10.0 Å². The van der Waals surface area contributed by atoms with Crippen LogP contribution in [0.3, 0.4) is 0 Å². The van der Waals surface area contributed by atoms with E-state index in [-0.39, 0.29) is 18.5 Å². The molecule has 1 atom stereocenters. The number of carboxylic acids is 1. The van der Waals surface area contributed by atoms with Crippen LogP contribution in [0.5, 0.6) is 0 Å². The molecule has 0 spiro atoms. The number of aliphatic carboxylic acids is 1. The summed E-state index contributed by atoms with van der Waals surface area (Å²) in [5.74, 6) is -0.553. The number of hydrogen-bond donors (Lipinski definition) is 3. The first-order valence-corrected chi connectivity index (χ1v) is 12.1. The van der Waals surface area contributed by atoms with E-state index in [2.05, 4.69) is 20.0 Å². The Kier molecular flexibility index (Phi) is 7.62. The minimum Gasteiger partial charge on any atom is -0.480 e. The molecule has 0 amide bonds. The van der Waals surface area contributed by atoms with E-state index in [0.29, 0.717) is 11.4 Å². The largest absolute Gasteiger partial charge is 0.480 e. The van der Waals surface area contributed by atoms with Crippen molar-refractivity contribution in [2.75, 3.05) is 5.32 Å². The number of rotatable bonds is 10. The highest BCUT2D eigenvalue weighted by molar-refractivity contribution is 7.87. The summed E-state index contributed by atoms with van der Waals surface area (Å²) < 4.78 is 29.2. The molecule has 2 aromatic heterocycles. The number of nitrogens with zero attached hydrogens (tertiary/aromatic N) is 3. The normalized spacial score (nSPS) is 13.1. The van der Waals surface area contributed by atoms with Crippen LogP contribution in [0.15, 0.2) is 55.0 Å². The van der Waals surface area contributed by atoms with Crippen LogP contribution in [-0.4, -0.2) is 51.9 Å². The van der Waals surface area contributed by atoms with E-state index in [4.69, 9.17) is 0 Å². The van der Waals surface area contributed by atoms with Crippen LogP contribution >= 0.6 is 0 Å².